The minimum Gasteiger partial charge on any atom is -0.483 e. The molecule has 0 spiro atoms. The van der Waals surface area contributed by atoms with E-state index in [1.165, 1.54) is 0 Å². The van der Waals surface area contributed by atoms with Crippen LogP contribution in [0.2, 0.25) is 5.02 Å². The predicted octanol–water partition coefficient (Wildman–Crippen LogP) is 5.94. The predicted molar refractivity (Wildman–Crippen MR) is 115 cm³/mol. The third-order valence-electron chi connectivity index (χ3n) is 4.23. The number of aryl methyl sites for hydroxylation is 1. The molecule has 0 aliphatic carbocycles. The second kappa shape index (κ2) is 8.00. The second-order valence-corrected chi connectivity index (χ2v) is 7.75. The maximum Gasteiger partial charge on any atom is 0.262 e. The summed E-state index contributed by atoms with van der Waals surface area (Å²) in [6, 6.07) is 20.9. The quantitative estimate of drug-likeness (QED) is 0.444. The molecule has 0 radical (unpaired) electrons. The highest BCUT2D eigenvalue weighted by Gasteiger charge is 2.14. The zero-order chi connectivity index (χ0) is 19.5. The average molecular weight is 409 g/mol. The third-order valence-corrected chi connectivity index (χ3v) is 5.54. The number of hydrogen-bond acceptors (Lipinski definition) is 4. The fourth-order valence-corrected chi connectivity index (χ4v) is 4.01. The molecule has 4 aromatic rings. The number of rotatable bonds is 5. The van der Waals surface area contributed by atoms with E-state index in [0.717, 1.165) is 26.4 Å². The van der Waals surface area contributed by atoms with E-state index in [2.05, 4.69) is 10.3 Å². The summed E-state index contributed by atoms with van der Waals surface area (Å²) in [7, 11) is 0. The number of benzene rings is 3. The first-order chi connectivity index (χ1) is 13.6. The molecule has 0 saturated carbocycles. The molecule has 0 aliphatic heterocycles. The first-order valence-electron chi connectivity index (χ1n) is 8.74. The fourth-order valence-electron chi connectivity index (χ4n) is 2.84. The molecular weight excluding hydrogens is 392 g/mol. The molecule has 0 saturated heterocycles. The maximum absolute atomic E-state index is 12.5. The average Bonchev–Trinajstić information content (AvgIpc) is 3.13. The lowest BCUT2D eigenvalue weighted by Gasteiger charge is -2.12. The van der Waals surface area contributed by atoms with Crippen molar-refractivity contribution in [2.75, 3.05) is 11.9 Å². The van der Waals surface area contributed by atoms with Gasteiger partial charge in [0.15, 0.2) is 6.61 Å². The molecule has 0 fully saturated rings. The van der Waals surface area contributed by atoms with Crippen LogP contribution in [0.25, 0.3) is 20.8 Å². The lowest BCUT2D eigenvalue weighted by atomic mass is 10.2. The van der Waals surface area contributed by atoms with E-state index in [9.17, 15) is 4.79 Å². The number of fused-ring (bicyclic) bond motifs is 1. The van der Waals surface area contributed by atoms with Gasteiger partial charge in [-0.05, 0) is 48.9 Å². The molecule has 4 nitrogen and oxygen atoms in total. The number of thiazole rings is 1. The van der Waals surface area contributed by atoms with Gasteiger partial charge < -0.3 is 10.1 Å². The zero-order valence-electron chi connectivity index (χ0n) is 15.1. The van der Waals surface area contributed by atoms with Crippen molar-refractivity contribution in [1.82, 2.24) is 4.98 Å². The van der Waals surface area contributed by atoms with Crippen molar-refractivity contribution >= 4 is 44.7 Å². The van der Waals surface area contributed by atoms with Gasteiger partial charge in [0.05, 0.1) is 15.9 Å². The molecule has 28 heavy (non-hydrogen) atoms. The van der Waals surface area contributed by atoms with Crippen LogP contribution in [0.1, 0.15) is 5.56 Å². The van der Waals surface area contributed by atoms with Gasteiger partial charge in [-0.1, -0.05) is 41.9 Å². The van der Waals surface area contributed by atoms with Gasteiger partial charge in [-0.3, -0.25) is 4.79 Å². The molecule has 6 heteroatoms. The Morgan fingerprint density at radius 3 is 2.71 bits per heavy atom. The van der Waals surface area contributed by atoms with Gasteiger partial charge >= 0.3 is 0 Å². The first-order valence-corrected chi connectivity index (χ1v) is 9.93. The van der Waals surface area contributed by atoms with Gasteiger partial charge in [-0.2, -0.15) is 0 Å². The van der Waals surface area contributed by atoms with Crippen LogP contribution in [0.4, 0.5) is 5.69 Å². The van der Waals surface area contributed by atoms with E-state index in [1.54, 1.807) is 23.5 Å². The van der Waals surface area contributed by atoms with Gasteiger partial charge in [-0.15, -0.1) is 11.3 Å². The summed E-state index contributed by atoms with van der Waals surface area (Å²) < 4.78 is 6.72. The van der Waals surface area contributed by atoms with Crippen molar-refractivity contribution in [3.05, 3.63) is 77.3 Å². The molecule has 0 unspecified atom stereocenters. The van der Waals surface area contributed by atoms with E-state index in [1.807, 2.05) is 61.5 Å². The number of para-hydroxylation sites is 2. The summed E-state index contributed by atoms with van der Waals surface area (Å²) in [5, 5.41) is 4.31. The minimum absolute atomic E-state index is 0.0766. The lowest BCUT2D eigenvalue weighted by Crippen LogP contribution is -2.20. The Bertz CT molecular complexity index is 1120. The third kappa shape index (κ3) is 4.01. The summed E-state index contributed by atoms with van der Waals surface area (Å²) in [5.74, 6) is 0.452. The standard InChI is InChI=1S/C22H17ClN2O2S/c1-14-6-2-4-8-19(14)27-13-21(26)24-17-11-10-15(23)12-16(17)22-25-18-7-3-5-9-20(18)28-22/h2-12H,13H2,1H3,(H,24,26). The summed E-state index contributed by atoms with van der Waals surface area (Å²) in [6.45, 7) is 1.87. The van der Waals surface area contributed by atoms with Gasteiger partial charge in [0, 0.05) is 10.6 Å². The number of nitrogens with zero attached hydrogens (tertiary/aromatic N) is 1. The maximum atomic E-state index is 12.5. The van der Waals surface area contributed by atoms with Crippen molar-refractivity contribution in [1.29, 1.82) is 0 Å². The monoisotopic (exact) mass is 408 g/mol. The first kappa shape index (κ1) is 18.5. The fraction of sp³-hybridized carbons (Fsp3) is 0.0909. The Balaban J connectivity index is 1.56. The molecule has 140 valence electrons. The normalized spacial score (nSPS) is 10.8. The van der Waals surface area contributed by atoms with Crippen molar-refractivity contribution < 1.29 is 9.53 Å². The topological polar surface area (TPSA) is 51.2 Å². The number of aromatic nitrogens is 1. The van der Waals surface area contributed by atoms with Gasteiger partial charge in [-0.25, -0.2) is 4.98 Å². The van der Waals surface area contributed by atoms with Gasteiger partial charge in [0.1, 0.15) is 10.8 Å². The van der Waals surface area contributed by atoms with E-state index in [4.69, 9.17) is 16.3 Å². The van der Waals surface area contributed by atoms with Gasteiger partial charge in [0.2, 0.25) is 0 Å². The van der Waals surface area contributed by atoms with Crippen molar-refractivity contribution in [2.45, 2.75) is 6.92 Å². The van der Waals surface area contributed by atoms with E-state index in [0.29, 0.717) is 16.5 Å². The summed E-state index contributed by atoms with van der Waals surface area (Å²) in [6.07, 6.45) is 0. The van der Waals surface area contributed by atoms with Crippen LogP contribution < -0.4 is 10.1 Å². The SMILES string of the molecule is Cc1ccccc1OCC(=O)Nc1ccc(Cl)cc1-c1nc2ccccc2s1. The lowest BCUT2D eigenvalue weighted by molar-refractivity contribution is -0.118. The molecule has 3 aromatic carbocycles. The van der Waals surface area contributed by atoms with Crippen LogP contribution >= 0.6 is 22.9 Å². The molecule has 1 N–H and O–H groups in total. The Labute approximate surface area is 171 Å². The second-order valence-electron chi connectivity index (χ2n) is 6.28. The van der Waals surface area contributed by atoms with Crippen LogP contribution in [0.15, 0.2) is 66.7 Å². The molecule has 0 atom stereocenters. The Morgan fingerprint density at radius 1 is 1.11 bits per heavy atom. The highest BCUT2D eigenvalue weighted by Crippen LogP contribution is 2.36. The van der Waals surface area contributed by atoms with E-state index >= 15 is 0 Å². The number of anilines is 1. The van der Waals surface area contributed by atoms with Crippen LogP contribution in [-0.4, -0.2) is 17.5 Å². The zero-order valence-corrected chi connectivity index (χ0v) is 16.7. The number of hydrogen-bond donors (Lipinski definition) is 1. The Hall–Kier alpha value is -2.89. The van der Waals surface area contributed by atoms with Gasteiger partial charge in [0.25, 0.3) is 5.91 Å². The highest BCUT2D eigenvalue weighted by molar-refractivity contribution is 7.21. The number of nitrogens with one attached hydrogen (secondary N) is 1. The molecule has 0 bridgehead atoms. The number of carbonyl (C=O) groups is 1. The van der Waals surface area contributed by atoms with Crippen molar-refractivity contribution in [3.63, 3.8) is 0 Å². The Morgan fingerprint density at radius 2 is 1.89 bits per heavy atom. The summed E-state index contributed by atoms with van der Waals surface area (Å²) >= 11 is 7.76. The molecule has 1 amide bonds. The van der Waals surface area contributed by atoms with Crippen LogP contribution in [0.5, 0.6) is 5.75 Å². The van der Waals surface area contributed by atoms with E-state index in [-0.39, 0.29) is 12.5 Å². The Kier molecular flexibility index (Phi) is 5.28. The summed E-state index contributed by atoms with van der Waals surface area (Å²) in [4.78, 5) is 17.1. The number of ether oxygens (including phenoxy) is 1. The smallest absolute Gasteiger partial charge is 0.262 e. The van der Waals surface area contributed by atoms with Crippen LogP contribution in [-0.2, 0) is 4.79 Å². The molecule has 1 aromatic heterocycles. The number of halogens is 1. The number of carbonyl (C=O) groups excluding carboxylic acids is 1. The van der Waals surface area contributed by atoms with Crippen molar-refractivity contribution in [2.24, 2.45) is 0 Å². The van der Waals surface area contributed by atoms with Crippen LogP contribution in [0.3, 0.4) is 0 Å². The van der Waals surface area contributed by atoms with Crippen molar-refractivity contribution in [3.8, 4) is 16.3 Å². The molecule has 1 heterocycles. The molecule has 4 rings (SSSR count). The molecule has 0 aliphatic rings. The molecular formula is C22H17ClN2O2S. The summed E-state index contributed by atoms with van der Waals surface area (Å²) in [5.41, 5.74) is 3.35. The van der Waals surface area contributed by atoms with E-state index < -0.39 is 0 Å². The number of amides is 1. The largest absolute Gasteiger partial charge is 0.483 e. The highest BCUT2D eigenvalue weighted by atomic mass is 35.5. The minimum atomic E-state index is -0.243. The van der Waals surface area contributed by atoms with Crippen LogP contribution in [0, 0.1) is 6.92 Å².